The van der Waals surface area contributed by atoms with Crippen molar-refractivity contribution in [2.45, 2.75) is 58.0 Å². The maximum atomic E-state index is 12.3. The Morgan fingerprint density at radius 2 is 2.08 bits per heavy atom. The molecule has 0 saturated carbocycles. The summed E-state index contributed by atoms with van der Waals surface area (Å²) < 4.78 is 10.6. The van der Waals surface area contributed by atoms with E-state index in [9.17, 15) is 19.8 Å². The van der Waals surface area contributed by atoms with Gasteiger partial charge in [-0.3, -0.25) is 9.69 Å². The van der Waals surface area contributed by atoms with E-state index in [1.165, 1.54) is 13.8 Å². The van der Waals surface area contributed by atoms with Crippen molar-refractivity contribution in [3.8, 4) is 0 Å². The molecular formula is C17H27NO6. The number of esters is 2. The number of carbonyl (C=O) groups excluding carboxylic acids is 2. The van der Waals surface area contributed by atoms with Gasteiger partial charge in [0.2, 0.25) is 0 Å². The molecule has 0 aliphatic carbocycles. The number of aliphatic hydroxyl groups excluding tert-OH is 1. The number of hydrogen-bond donors (Lipinski definition) is 2. The molecule has 0 amide bonds. The first-order valence-corrected chi connectivity index (χ1v) is 8.35. The smallest absolute Gasteiger partial charge is 0.341 e. The molecule has 7 heteroatoms. The molecule has 2 aliphatic rings. The second-order valence-electron chi connectivity index (χ2n) is 6.89. The zero-order chi connectivity index (χ0) is 18.1. The number of ether oxygens (including phenoxy) is 2. The summed E-state index contributed by atoms with van der Waals surface area (Å²) in [6.45, 7) is 7.61. The summed E-state index contributed by atoms with van der Waals surface area (Å²) in [5.74, 6) is -1.65. The number of fused-ring (bicyclic) bond motifs is 1. The lowest BCUT2D eigenvalue weighted by atomic mass is 9.85. The second-order valence-corrected chi connectivity index (χ2v) is 6.89. The van der Waals surface area contributed by atoms with Crippen LogP contribution in [0.3, 0.4) is 0 Å². The fourth-order valence-corrected chi connectivity index (χ4v) is 3.49. The van der Waals surface area contributed by atoms with Gasteiger partial charge in [0.05, 0.1) is 12.1 Å². The van der Waals surface area contributed by atoms with E-state index >= 15 is 0 Å². The molecule has 24 heavy (non-hydrogen) atoms. The monoisotopic (exact) mass is 341 g/mol. The van der Waals surface area contributed by atoms with Crippen molar-refractivity contribution in [2.75, 3.05) is 19.7 Å². The third-order valence-electron chi connectivity index (χ3n) is 4.95. The standard InChI is InChI=1S/C17H27NO6/c1-10(2)17(22,11(3)19)16(21)23-9-13-5-7-18-8-6-14(15(13)18)24-12(4)20/h5,10-11,14-15,19,22H,6-9H2,1-4H3/t11-,14-,15-,17?/m1/s1. The van der Waals surface area contributed by atoms with Crippen LogP contribution in [0.5, 0.6) is 0 Å². The Hall–Kier alpha value is -1.44. The van der Waals surface area contributed by atoms with E-state index in [2.05, 4.69) is 4.90 Å². The molecular weight excluding hydrogens is 314 g/mol. The van der Waals surface area contributed by atoms with Gasteiger partial charge in [0, 0.05) is 20.0 Å². The third kappa shape index (κ3) is 3.48. The quantitative estimate of drug-likeness (QED) is 0.528. The topological polar surface area (TPSA) is 96.3 Å². The number of hydrogen-bond acceptors (Lipinski definition) is 7. The molecule has 136 valence electrons. The number of aliphatic hydroxyl groups is 2. The lowest BCUT2D eigenvalue weighted by Crippen LogP contribution is -2.53. The molecule has 2 heterocycles. The van der Waals surface area contributed by atoms with Crippen LogP contribution >= 0.6 is 0 Å². The Morgan fingerprint density at radius 3 is 2.62 bits per heavy atom. The fraction of sp³-hybridized carbons (Fsp3) is 0.765. The molecule has 0 bridgehead atoms. The highest BCUT2D eigenvalue weighted by molar-refractivity contribution is 5.80. The molecule has 2 aliphatic heterocycles. The SMILES string of the molecule is CC(=O)O[C@@H]1CCN2CC=C(COC(=O)C(O)(C(C)C)[C@@H](C)O)[C@H]12. The van der Waals surface area contributed by atoms with E-state index in [-0.39, 0.29) is 24.7 Å². The van der Waals surface area contributed by atoms with Crippen molar-refractivity contribution in [1.29, 1.82) is 0 Å². The summed E-state index contributed by atoms with van der Waals surface area (Å²) >= 11 is 0. The Balaban J connectivity index is 2.01. The van der Waals surface area contributed by atoms with Crippen LogP contribution in [-0.2, 0) is 19.1 Å². The van der Waals surface area contributed by atoms with E-state index in [0.29, 0.717) is 0 Å². The molecule has 2 rings (SSSR count). The predicted molar refractivity (Wildman–Crippen MR) is 86.0 cm³/mol. The van der Waals surface area contributed by atoms with Crippen LogP contribution in [0.1, 0.15) is 34.1 Å². The van der Waals surface area contributed by atoms with Crippen molar-refractivity contribution >= 4 is 11.9 Å². The molecule has 0 aromatic carbocycles. The van der Waals surface area contributed by atoms with Crippen LogP contribution in [0.25, 0.3) is 0 Å². The first-order valence-electron chi connectivity index (χ1n) is 8.35. The predicted octanol–water partition coefficient (Wildman–Crippen LogP) is 0.244. The molecule has 2 N–H and O–H groups in total. The fourth-order valence-electron chi connectivity index (χ4n) is 3.49. The van der Waals surface area contributed by atoms with Crippen molar-refractivity contribution in [3.63, 3.8) is 0 Å². The lowest BCUT2D eigenvalue weighted by Gasteiger charge is -2.32. The summed E-state index contributed by atoms with van der Waals surface area (Å²) in [6.07, 6.45) is 1.24. The van der Waals surface area contributed by atoms with Crippen molar-refractivity contribution in [3.05, 3.63) is 11.6 Å². The normalized spacial score (nSPS) is 27.4. The minimum Gasteiger partial charge on any atom is -0.460 e. The van der Waals surface area contributed by atoms with Gasteiger partial charge in [0.25, 0.3) is 0 Å². The molecule has 4 atom stereocenters. The maximum Gasteiger partial charge on any atom is 0.341 e. The van der Waals surface area contributed by atoms with Gasteiger partial charge < -0.3 is 19.7 Å². The number of nitrogens with zero attached hydrogens (tertiary/aromatic N) is 1. The molecule has 1 saturated heterocycles. The van der Waals surface area contributed by atoms with Gasteiger partial charge >= 0.3 is 11.9 Å². The molecule has 7 nitrogen and oxygen atoms in total. The van der Waals surface area contributed by atoms with Crippen LogP contribution in [0, 0.1) is 5.92 Å². The van der Waals surface area contributed by atoms with Gasteiger partial charge in [0.15, 0.2) is 5.60 Å². The first kappa shape index (κ1) is 18.9. The summed E-state index contributed by atoms with van der Waals surface area (Å²) in [4.78, 5) is 25.7. The third-order valence-corrected chi connectivity index (χ3v) is 4.95. The van der Waals surface area contributed by atoms with E-state index in [1.807, 2.05) is 6.08 Å². The average molecular weight is 341 g/mol. The minimum atomic E-state index is -1.94. The first-order chi connectivity index (χ1) is 11.2. The molecule has 0 spiro atoms. The van der Waals surface area contributed by atoms with E-state index in [1.54, 1.807) is 13.8 Å². The zero-order valence-electron chi connectivity index (χ0n) is 14.7. The maximum absolute atomic E-state index is 12.3. The van der Waals surface area contributed by atoms with Gasteiger partial charge in [-0.25, -0.2) is 4.79 Å². The van der Waals surface area contributed by atoms with Gasteiger partial charge in [-0.15, -0.1) is 0 Å². The highest BCUT2D eigenvalue weighted by atomic mass is 16.6. The highest BCUT2D eigenvalue weighted by Gasteiger charge is 2.47. The van der Waals surface area contributed by atoms with Gasteiger partial charge in [-0.05, 0) is 24.8 Å². The van der Waals surface area contributed by atoms with Crippen LogP contribution in [0.2, 0.25) is 0 Å². The van der Waals surface area contributed by atoms with Crippen LogP contribution in [0.4, 0.5) is 0 Å². The Morgan fingerprint density at radius 1 is 1.42 bits per heavy atom. The minimum absolute atomic E-state index is 0.0134. The summed E-state index contributed by atoms with van der Waals surface area (Å²) in [7, 11) is 0. The lowest BCUT2D eigenvalue weighted by molar-refractivity contribution is -0.184. The van der Waals surface area contributed by atoms with E-state index < -0.39 is 23.6 Å². The van der Waals surface area contributed by atoms with E-state index in [0.717, 1.165) is 25.1 Å². The van der Waals surface area contributed by atoms with Crippen molar-refractivity contribution in [2.24, 2.45) is 5.92 Å². The Bertz CT molecular complexity index is 519. The van der Waals surface area contributed by atoms with Gasteiger partial charge in [-0.1, -0.05) is 19.9 Å². The summed E-state index contributed by atoms with van der Waals surface area (Å²) in [6, 6.07) is -0.0830. The average Bonchev–Trinajstić information content (AvgIpc) is 3.06. The van der Waals surface area contributed by atoms with Crippen LogP contribution in [0.15, 0.2) is 11.6 Å². The van der Waals surface area contributed by atoms with Crippen LogP contribution < -0.4 is 0 Å². The molecule has 0 aromatic rings. The van der Waals surface area contributed by atoms with E-state index in [4.69, 9.17) is 9.47 Å². The number of carbonyl (C=O) groups is 2. The second kappa shape index (κ2) is 7.21. The zero-order valence-corrected chi connectivity index (χ0v) is 14.7. The Kier molecular flexibility index (Phi) is 5.67. The summed E-state index contributed by atoms with van der Waals surface area (Å²) in [5, 5.41) is 20.2. The molecule has 1 unspecified atom stereocenters. The highest BCUT2D eigenvalue weighted by Crippen LogP contribution is 2.32. The molecule has 1 fully saturated rings. The van der Waals surface area contributed by atoms with Crippen molar-refractivity contribution in [1.82, 2.24) is 4.90 Å². The van der Waals surface area contributed by atoms with Crippen molar-refractivity contribution < 1.29 is 29.3 Å². The molecule has 0 aromatic heterocycles. The Labute approximate surface area is 142 Å². The molecule has 0 radical (unpaired) electrons. The van der Waals surface area contributed by atoms with Crippen LogP contribution in [-0.4, -0.2) is 70.6 Å². The summed E-state index contributed by atoms with van der Waals surface area (Å²) in [5.41, 5.74) is -1.08. The number of rotatable bonds is 6. The van der Waals surface area contributed by atoms with Gasteiger partial charge in [0.1, 0.15) is 12.7 Å². The largest absolute Gasteiger partial charge is 0.460 e. The van der Waals surface area contributed by atoms with Gasteiger partial charge in [-0.2, -0.15) is 0 Å².